The van der Waals surface area contributed by atoms with Gasteiger partial charge >= 0.3 is 17.6 Å². The molecule has 0 aliphatic heterocycles. The van der Waals surface area contributed by atoms with Gasteiger partial charge < -0.3 is 14.3 Å². The number of fused-ring (bicyclic) bond motifs is 1. The minimum Gasteiger partial charge on any atom is -0.477 e. The van der Waals surface area contributed by atoms with Crippen LogP contribution in [0.5, 0.6) is 0 Å². The van der Waals surface area contributed by atoms with Crippen molar-refractivity contribution in [2.45, 2.75) is 0 Å². The SMILES string of the molecule is [B]N(C)C(=O)N(C)c1cc2oc(=O)c(C(=O)O)cc2s1. The molecule has 2 aromatic heterocycles. The predicted molar refractivity (Wildman–Crippen MR) is 74.6 cm³/mol. The number of urea groups is 1. The van der Waals surface area contributed by atoms with Crippen molar-refractivity contribution in [2.75, 3.05) is 19.0 Å². The van der Waals surface area contributed by atoms with Gasteiger partial charge in [0.1, 0.15) is 10.6 Å². The highest BCUT2D eigenvalue weighted by molar-refractivity contribution is 7.22. The number of nitrogens with zero attached hydrogens (tertiary/aromatic N) is 2. The van der Waals surface area contributed by atoms with Gasteiger partial charge in [0.15, 0.2) is 5.58 Å². The van der Waals surface area contributed by atoms with Crippen LogP contribution >= 0.6 is 11.3 Å². The molecular formula is C11H9BN2O5S. The van der Waals surface area contributed by atoms with E-state index in [1.165, 1.54) is 31.1 Å². The van der Waals surface area contributed by atoms with Gasteiger partial charge in [-0.1, -0.05) is 0 Å². The maximum absolute atomic E-state index is 11.7. The fourth-order valence-electron chi connectivity index (χ4n) is 1.55. The molecule has 0 atom stereocenters. The summed E-state index contributed by atoms with van der Waals surface area (Å²) in [5.74, 6) is -1.36. The molecule has 0 bridgehead atoms. The summed E-state index contributed by atoms with van der Waals surface area (Å²) in [6, 6.07) is 2.24. The zero-order chi connectivity index (χ0) is 15.0. The molecule has 0 unspecified atom stereocenters. The van der Waals surface area contributed by atoms with Gasteiger partial charge in [-0.15, -0.1) is 11.3 Å². The summed E-state index contributed by atoms with van der Waals surface area (Å²) in [6.45, 7) is 0. The zero-order valence-electron chi connectivity index (χ0n) is 10.6. The molecule has 0 aliphatic carbocycles. The van der Waals surface area contributed by atoms with E-state index in [9.17, 15) is 14.4 Å². The van der Waals surface area contributed by atoms with Crippen LogP contribution in [-0.4, -0.2) is 44.0 Å². The number of carboxylic acids is 1. The first-order chi connectivity index (χ1) is 9.31. The summed E-state index contributed by atoms with van der Waals surface area (Å²) >= 11 is 1.12. The van der Waals surface area contributed by atoms with Gasteiger partial charge in [0, 0.05) is 13.1 Å². The number of rotatable bonds is 2. The third-order valence-corrected chi connectivity index (χ3v) is 3.70. The second-order valence-corrected chi connectivity index (χ2v) is 5.08. The lowest BCUT2D eigenvalue weighted by Crippen LogP contribution is -2.36. The van der Waals surface area contributed by atoms with Crippen LogP contribution in [0.3, 0.4) is 0 Å². The largest absolute Gasteiger partial charge is 0.477 e. The normalized spacial score (nSPS) is 10.5. The summed E-state index contributed by atoms with van der Waals surface area (Å²) in [6.07, 6.45) is 0. The van der Waals surface area contributed by atoms with Crippen LogP contribution in [0.15, 0.2) is 21.3 Å². The van der Waals surface area contributed by atoms with Crippen LogP contribution in [-0.2, 0) is 0 Å². The molecule has 0 fully saturated rings. The first kappa shape index (κ1) is 14.1. The van der Waals surface area contributed by atoms with Crippen LogP contribution in [0, 0.1) is 0 Å². The highest BCUT2D eigenvalue weighted by Gasteiger charge is 2.18. The van der Waals surface area contributed by atoms with Gasteiger partial charge in [-0.05, 0) is 13.1 Å². The van der Waals surface area contributed by atoms with Crippen molar-refractivity contribution in [3.05, 3.63) is 28.1 Å². The minimum atomic E-state index is -1.36. The molecule has 0 aromatic carbocycles. The molecular weight excluding hydrogens is 283 g/mol. The van der Waals surface area contributed by atoms with E-state index in [1.54, 1.807) is 0 Å². The molecule has 2 heterocycles. The van der Waals surface area contributed by atoms with E-state index in [2.05, 4.69) is 0 Å². The summed E-state index contributed by atoms with van der Waals surface area (Å²) < 4.78 is 5.37. The van der Waals surface area contributed by atoms with Crippen LogP contribution in [0.4, 0.5) is 9.80 Å². The Kier molecular flexibility index (Phi) is 3.54. The molecule has 2 aromatic rings. The van der Waals surface area contributed by atoms with Gasteiger partial charge in [-0.3, -0.25) is 4.90 Å². The Morgan fingerprint density at radius 2 is 2.00 bits per heavy atom. The molecule has 2 amide bonds. The predicted octanol–water partition coefficient (Wildman–Crippen LogP) is 1.12. The Morgan fingerprint density at radius 1 is 1.35 bits per heavy atom. The second kappa shape index (κ2) is 5.01. The van der Waals surface area contributed by atoms with E-state index < -0.39 is 23.2 Å². The Balaban J connectivity index is 2.52. The van der Waals surface area contributed by atoms with Crippen molar-refractivity contribution in [1.29, 1.82) is 0 Å². The van der Waals surface area contributed by atoms with E-state index in [1.807, 2.05) is 0 Å². The Morgan fingerprint density at radius 3 is 2.55 bits per heavy atom. The van der Waals surface area contributed by atoms with Crippen LogP contribution in [0.25, 0.3) is 10.3 Å². The maximum atomic E-state index is 11.7. The first-order valence-electron chi connectivity index (χ1n) is 5.38. The number of thiophene rings is 1. The van der Waals surface area contributed by atoms with Crippen molar-refractivity contribution < 1.29 is 19.1 Å². The topological polar surface area (TPSA) is 91.1 Å². The molecule has 2 radical (unpaired) electrons. The Hall–Kier alpha value is -2.29. The molecule has 102 valence electrons. The average molecular weight is 292 g/mol. The van der Waals surface area contributed by atoms with Gasteiger partial charge in [0.25, 0.3) is 0 Å². The maximum Gasteiger partial charge on any atom is 0.351 e. The number of anilines is 1. The highest BCUT2D eigenvalue weighted by Crippen LogP contribution is 2.32. The van der Waals surface area contributed by atoms with E-state index in [4.69, 9.17) is 17.5 Å². The zero-order valence-corrected chi connectivity index (χ0v) is 11.4. The Labute approximate surface area is 118 Å². The minimum absolute atomic E-state index is 0.222. The molecule has 0 spiro atoms. The van der Waals surface area contributed by atoms with E-state index in [0.29, 0.717) is 9.70 Å². The Bertz CT molecular complexity index is 751. The van der Waals surface area contributed by atoms with Crippen LogP contribution in [0.2, 0.25) is 0 Å². The van der Waals surface area contributed by atoms with Gasteiger partial charge in [-0.2, -0.15) is 0 Å². The fourth-order valence-corrected chi connectivity index (χ4v) is 2.53. The molecule has 1 N–H and O–H groups in total. The lowest BCUT2D eigenvalue weighted by molar-refractivity contribution is 0.0692. The van der Waals surface area contributed by atoms with Crippen LogP contribution in [0.1, 0.15) is 10.4 Å². The first-order valence-corrected chi connectivity index (χ1v) is 6.20. The number of hydrogen-bond acceptors (Lipinski definition) is 5. The molecule has 0 saturated carbocycles. The summed E-state index contributed by atoms with van der Waals surface area (Å²) in [5.41, 5.74) is -1.16. The third-order valence-electron chi connectivity index (χ3n) is 2.56. The van der Waals surface area contributed by atoms with Crippen molar-refractivity contribution >= 4 is 46.6 Å². The summed E-state index contributed by atoms with van der Waals surface area (Å²) in [4.78, 5) is 36.2. The number of aromatic carboxylic acids is 1. The van der Waals surface area contributed by atoms with Gasteiger partial charge in [0.05, 0.1) is 4.70 Å². The molecule has 2 rings (SSSR count). The number of carbonyl (C=O) groups is 2. The van der Waals surface area contributed by atoms with Crippen LogP contribution < -0.4 is 10.5 Å². The van der Waals surface area contributed by atoms with E-state index >= 15 is 0 Å². The number of carbonyl (C=O) groups excluding carboxylic acids is 1. The smallest absolute Gasteiger partial charge is 0.351 e. The lowest BCUT2D eigenvalue weighted by Gasteiger charge is -2.20. The van der Waals surface area contributed by atoms with Crippen molar-refractivity contribution in [2.24, 2.45) is 0 Å². The molecule has 20 heavy (non-hydrogen) atoms. The molecule has 0 saturated heterocycles. The summed E-state index contributed by atoms with van der Waals surface area (Å²) in [5, 5.41) is 9.34. The van der Waals surface area contributed by atoms with Gasteiger partial charge in [0.2, 0.25) is 7.98 Å². The summed E-state index contributed by atoms with van der Waals surface area (Å²) in [7, 11) is 8.26. The average Bonchev–Trinajstić information content (AvgIpc) is 2.78. The second-order valence-electron chi connectivity index (χ2n) is 4.02. The molecule has 7 nitrogen and oxygen atoms in total. The van der Waals surface area contributed by atoms with Crippen molar-refractivity contribution in [3.63, 3.8) is 0 Å². The third kappa shape index (κ3) is 2.39. The van der Waals surface area contributed by atoms with Crippen molar-refractivity contribution in [1.82, 2.24) is 4.81 Å². The monoisotopic (exact) mass is 292 g/mol. The quantitative estimate of drug-likeness (QED) is 0.838. The van der Waals surface area contributed by atoms with E-state index in [0.717, 1.165) is 16.1 Å². The number of carboxylic acid groups (broad SMARTS) is 1. The number of amides is 2. The molecule has 0 aliphatic rings. The lowest BCUT2D eigenvalue weighted by atomic mass is 10.3. The fraction of sp³-hybridized carbons (Fsp3) is 0.182. The standard InChI is InChI=1S/C11H9BN2O5S/c1-13(11(18)14(2)12)8-4-6-7(20-8)3-5(9(15)16)10(17)19-6/h3-4H,1-2H3,(H,15,16). The molecule has 9 heteroatoms. The highest BCUT2D eigenvalue weighted by atomic mass is 32.1. The van der Waals surface area contributed by atoms with Gasteiger partial charge in [-0.25, -0.2) is 14.4 Å². The van der Waals surface area contributed by atoms with Crippen molar-refractivity contribution in [3.8, 4) is 0 Å². The van der Waals surface area contributed by atoms with E-state index in [-0.39, 0.29) is 5.58 Å². The number of hydrogen-bond donors (Lipinski definition) is 1.